The van der Waals surface area contributed by atoms with Crippen LogP contribution in [-0.4, -0.2) is 11.2 Å². The number of hydrogen-bond acceptors (Lipinski definition) is 1. The van der Waals surface area contributed by atoms with E-state index in [0.717, 1.165) is 5.92 Å². The molecule has 0 aromatic rings. The topological polar surface area (TPSA) is 20.2 Å². The average molecular weight is 226 g/mol. The molecule has 1 saturated carbocycles. The van der Waals surface area contributed by atoms with Gasteiger partial charge in [-0.25, -0.2) is 0 Å². The van der Waals surface area contributed by atoms with Gasteiger partial charge >= 0.3 is 0 Å². The summed E-state index contributed by atoms with van der Waals surface area (Å²) in [7, 11) is 0. The molecule has 3 unspecified atom stereocenters. The molecule has 1 aliphatic carbocycles. The first-order chi connectivity index (χ1) is 7.32. The van der Waals surface area contributed by atoms with E-state index in [0.29, 0.717) is 17.3 Å². The molecule has 16 heavy (non-hydrogen) atoms. The standard InChI is InChI=1S/C15H30O/c1-11(2)14(16)12-7-6-8-13(10-9-12)15(3,4)5/h11-14,16H,6-10H2,1-5H3. The molecule has 0 aromatic carbocycles. The van der Waals surface area contributed by atoms with Gasteiger partial charge in [-0.2, -0.15) is 0 Å². The summed E-state index contributed by atoms with van der Waals surface area (Å²) in [6.45, 7) is 11.3. The Morgan fingerprint density at radius 2 is 1.62 bits per heavy atom. The van der Waals surface area contributed by atoms with Crippen molar-refractivity contribution in [2.75, 3.05) is 0 Å². The van der Waals surface area contributed by atoms with Crippen molar-refractivity contribution in [1.29, 1.82) is 0 Å². The molecule has 0 bridgehead atoms. The van der Waals surface area contributed by atoms with E-state index in [2.05, 4.69) is 34.6 Å². The summed E-state index contributed by atoms with van der Waals surface area (Å²) in [5, 5.41) is 10.2. The molecule has 0 radical (unpaired) electrons. The number of rotatable bonds is 2. The molecule has 0 heterocycles. The second kappa shape index (κ2) is 5.53. The number of aliphatic hydroxyl groups is 1. The Morgan fingerprint density at radius 3 is 2.12 bits per heavy atom. The summed E-state index contributed by atoms with van der Waals surface area (Å²) >= 11 is 0. The van der Waals surface area contributed by atoms with Crippen LogP contribution in [0.3, 0.4) is 0 Å². The molecular weight excluding hydrogens is 196 g/mol. The molecule has 3 atom stereocenters. The van der Waals surface area contributed by atoms with Crippen molar-refractivity contribution in [1.82, 2.24) is 0 Å². The van der Waals surface area contributed by atoms with Crippen molar-refractivity contribution >= 4 is 0 Å². The maximum Gasteiger partial charge on any atom is 0.0591 e. The van der Waals surface area contributed by atoms with Crippen LogP contribution >= 0.6 is 0 Å². The minimum absolute atomic E-state index is 0.0845. The second-order valence-corrected chi connectivity index (χ2v) is 7.07. The van der Waals surface area contributed by atoms with Crippen molar-refractivity contribution in [3.8, 4) is 0 Å². The highest BCUT2D eigenvalue weighted by Crippen LogP contribution is 2.39. The lowest BCUT2D eigenvalue weighted by Crippen LogP contribution is -2.26. The average Bonchev–Trinajstić information content (AvgIpc) is 2.40. The van der Waals surface area contributed by atoms with Crippen LogP contribution in [-0.2, 0) is 0 Å². The molecule has 0 spiro atoms. The summed E-state index contributed by atoms with van der Waals surface area (Å²) < 4.78 is 0. The van der Waals surface area contributed by atoms with Crippen LogP contribution in [0.25, 0.3) is 0 Å². The molecule has 0 amide bonds. The molecule has 1 nitrogen and oxygen atoms in total. The van der Waals surface area contributed by atoms with Crippen molar-refractivity contribution in [3.63, 3.8) is 0 Å². The Morgan fingerprint density at radius 1 is 1.00 bits per heavy atom. The van der Waals surface area contributed by atoms with E-state index in [-0.39, 0.29) is 6.10 Å². The molecule has 1 N–H and O–H groups in total. The van der Waals surface area contributed by atoms with Gasteiger partial charge in [0.15, 0.2) is 0 Å². The Bertz CT molecular complexity index is 202. The molecule has 96 valence electrons. The third-order valence-electron chi connectivity index (χ3n) is 4.40. The lowest BCUT2D eigenvalue weighted by molar-refractivity contribution is 0.0555. The van der Waals surface area contributed by atoms with Crippen LogP contribution < -0.4 is 0 Å². The van der Waals surface area contributed by atoms with Gasteiger partial charge in [0.25, 0.3) is 0 Å². The Labute approximate surface area is 102 Å². The number of hydrogen-bond donors (Lipinski definition) is 1. The molecule has 1 fully saturated rings. The zero-order valence-electron chi connectivity index (χ0n) is 11.8. The van der Waals surface area contributed by atoms with Gasteiger partial charge in [-0.15, -0.1) is 0 Å². The Hall–Kier alpha value is -0.0400. The molecule has 0 saturated heterocycles. The smallest absolute Gasteiger partial charge is 0.0591 e. The maximum absolute atomic E-state index is 10.2. The van der Waals surface area contributed by atoms with Crippen LogP contribution in [0.15, 0.2) is 0 Å². The first-order valence-corrected chi connectivity index (χ1v) is 7.00. The predicted molar refractivity (Wildman–Crippen MR) is 70.4 cm³/mol. The van der Waals surface area contributed by atoms with E-state index in [1.165, 1.54) is 32.1 Å². The highest BCUT2D eigenvalue weighted by Gasteiger charge is 2.30. The van der Waals surface area contributed by atoms with E-state index < -0.39 is 0 Å². The fourth-order valence-corrected chi connectivity index (χ4v) is 3.08. The molecular formula is C15H30O. The lowest BCUT2D eigenvalue weighted by Gasteiger charge is -2.30. The highest BCUT2D eigenvalue weighted by molar-refractivity contribution is 4.81. The van der Waals surface area contributed by atoms with Crippen LogP contribution in [0.4, 0.5) is 0 Å². The molecule has 1 aliphatic rings. The van der Waals surface area contributed by atoms with Gasteiger partial charge in [0.05, 0.1) is 6.10 Å². The van der Waals surface area contributed by atoms with Crippen molar-refractivity contribution in [2.45, 2.75) is 72.8 Å². The lowest BCUT2D eigenvalue weighted by atomic mass is 9.76. The number of aliphatic hydroxyl groups excluding tert-OH is 1. The second-order valence-electron chi connectivity index (χ2n) is 7.07. The van der Waals surface area contributed by atoms with Gasteiger partial charge in [-0.1, -0.05) is 41.0 Å². The highest BCUT2D eigenvalue weighted by atomic mass is 16.3. The van der Waals surface area contributed by atoms with Crippen LogP contribution in [0.1, 0.15) is 66.7 Å². The summed E-state index contributed by atoms with van der Waals surface area (Å²) in [5.74, 6) is 1.81. The fourth-order valence-electron chi connectivity index (χ4n) is 3.08. The van der Waals surface area contributed by atoms with Gasteiger partial charge in [0.2, 0.25) is 0 Å². The van der Waals surface area contributed by atoms with Crippen LogP contribution in [0.2, 0.25) is 0 Å². The van der Waals surface area contributed by atoms with E-state index in [1.54, 1.807) is 0 Å². The fraction of sp³-hybridized carbons (Fsp3) is 1.00. The van der Waals surface area contributed by atoms with Gasteiger partial charge in [-0.05, 0) is 48.9 Å². The summed E-state index contributed by atoms with van der Waals surface area (Å²) in [6.07, 6.45) is 6.32. The minimum Gasteiger partial charge on any atom is -0.393 e. The Kier molecular flexibility index (Phi) is 4.85. The van der Waals surface area contributed by atoms with Crippen molar-refractivity contribution in [2.24, 2.45) is 23.2 Å². The van der Waals surface area contributed by atoms with E-state index in [4.69, 9.17) is 0 Å². The maximum atomic E-state index is 10.2. The summed E-state index contributed by atoms with van der Waals surface area (Å²) in [5.41, 5.74) is 0.442. The first-order valence-electron chi connectivity index (χ1n) is 7.00. The monoisotopic (exact) mass is 226 g/mol. The van der Waals surface area contributed by atoms with Gasteiger partial charge in [0.1, 0.15) is 0 Å². The third-order valence-corrected chi connectivity index (χ3v) is 4.40. The van der Waals surface area contributed by atoms with Gasteiger partial charge in [0, 0.05) is 0 Å². The largest absolute Gasteiger partial charge is 0.393 e. The first kappa shape index (κ1) is 14.0. The summed E-state index contributed by atoms with van der Waals surface area (Å²) in [4.78, 5) is 0. The normalized spacial score (nSPS) is 30.2. The van der Waals surface area contributed by atoms with E-state index >= 15 is 0 Å². The molecule has 1 heteroatoms. The zero-order chi connectivity index (χ0) is 12.3. The quantitative estimate of drug-likeness (QED) is 0.698. The summed E-state index contributed by atoms with van der Waals surface area (Å²) in [6, 6.07) is 0. The SMILES string of the molecule is CC(C)C(O)C1CCCC(C(C)(C)C)CC1. The minimum atomic E-state index is -0.0845. The molecule has 1 rings (SSSR count). The third kappa shape index (κ3) is 3.76. The predicted octanol–water partition coefficient (Wildman–Crippen LogP) is 4.25. The van der Waals surface area contributed by atoms with Crippen molar-refractivity contribution < 1.29 is 5.11 Å². The zero-order valence-corrected chi connectivity index (χ0v) is 11.8. The van der Waals surface area contributed by atoms with Crippen LogP contribution in [0, 0.1) is 23.2 Å². The van der Waals surface area contributed by atoms with Crippen molar-refractivity contribution in [3.05, 3.63) is 0 Å². The van der Waals surface area contributed by atoms with Crippen LogP contribution in [0.5, 0.6) is 0 Å². The Balaban J connectivity index is 2.53. The van der Waals surface area contributed by atoms with E-state index in [9.17, 15) is 5.11 Å². The molecule has 0 aliphatic heterocycles. The van der Waals surface area contributed by atoms with E-state index in [1.807, 2.05) is 0 Å². The van der Waals surface area contributed by atoms with Gasteiger partial charge < -0.3 is 5.11 Å². The van der Waals surface area contributed by atoms with Gasteiger partial charge in [-0.3, -0.25) is 0 Å². The molecule has 0 aromatic heterocycles.